The summed E-state index contributed by atoms with van der Waals surface area (Å²) in [6, 6.07) is 1.95. The van der Waals surface area contributed by atoms with E-state index in [0.717, 1.165) is 26.2 Å². The summed E-state index contributed by atoms with van der Waals surface area (Å²) in [6.45, 7) is 2.88. The number of ether oxygens (including phenoxy) is 1. The zero-order valence-corrected chi connectivity index (χ0v) is 12.2. The molecule has 0 aromatic carbocycles. The highest BCUT2D eigenvalue weighted by atomic mass is 79.9. The number of aliphatic hydroxyl groups excluding tert-OH is 1. The van der Waals surface area contributed by atoms with Crippen LogP contribution in [-0.4, -0.2) is 17.8 Å². The number of rotatable bonds is 2. The fraction of sp³-hybridized carbons (Fsp3) is 0.600. The van der Waals surface area contributed by atoms with E-state index >= 15 is 0 Å². The van der Waals surface area contributed by atoms with Crippen molar-refractivity contribution in [1.82, 2.24) is 0 Å². The molecule has 5 heteroatoms. The van der Waals surface area contributed by atoms with Crippen molar-refractivity contribution < 1.29 is 9.84 Å². The van der Waals surface area contributed by atoms with Crippen LogP contribution in [-0.2, 0) is 4.74 Å². The second kappa shape index (κ2) is 4.84. The van der Waals surface area contributed by atoms with Crippen LogP contribution in [0.15, 0.2) is 13.6 Å². The molecule has 2 heterocycles. The smallest absolute Gasteiger partial charge is 0.107 e. The van der Waals surface area contributed by atoms with Gasteiger partial charge in [-0.25, -0.2) is 0 Å². The number of halogens is 2. The summed E-state index contributed by atoms with van der Waals surface area (Å²) in [5, 5.41) is 10.2. The molecule has 15 heavy (non-hydrogen) atoms. The highest BCUT2D eigenvalue weighted by molar-refractivity contribution is 9.12. The molecule has 84 valence electrons. The minimum Gasteiger partial charge on any atom is -0.386 e. The molecule has 1 aromatic rings. The number of thiophene rings is 1. The van der Waals surface area contributed by atoms with Gasteiger partial charge >= 0.3 is 0 Å². The van der Waals surface area contributed by atoms with Crippen molar-refractivity contribution in [2.45, 2.75) is 25.6 Å². The average Bonchev–Trinajstić information content (AvgIpc) is 2.71. The van der Waals surface area contributed by atoms with Gasteiger partial charge in [0.25, 0.3) is 0 Å². The summed E-state index contributed by atoms with van der Waals surface area (Å²) in [7, 11) is 0. The molecule has 1 N–H and O–H groups in total. The lowest BCUT2D eigenvalue weighted by Gasteiger charge is -2.20. The van der Waals surface area contributed by atoms with Gasteiger partial charge in [0.2, 0.25) is 0 Å². The second-order valence-corrected chi connectivity index (χ2v) is 7.58. The van der Waals surface area contributed by atoms with E-state index in [9.17, 15) is 5.11 Å². The lowest BCUT2D eigenvalue weighted by atomic mass is 9.96. The Morgan fingerprint density at radius 3 is 2.80 bits per heavy atom. The molecule has 0 saturated carbocycles. The predicted octanol–water partition coefficient (Wildman–Crippen LogP) is 3.73. The largest absolute Gasteiger partial charge is 0.386 e. The van der Waals surface area contributed by atoms with Crippen molar-refractivity contribution in [2.24, 2.45) is 5.92 Å². The van der Waals surface area contributed by atoms with Gasteiger partial charge in [-0.05, 0) is 50.3 Å². The van der Waals surface area contributed by atoms with Gasteiger partial charge in [0, 0.05) is 12.2 Å². The molecule has 1 aromatic heterocycles. The molecule has 3 atom stereocenters. The number of aliphatic hydroxyl groups is 1. The minimum absolute atomic E-state index is 0.0669. The molecule has 2 nitrogen and oxygen atoms in total. The third-order valence-corrected chi connectivity index (χ3v) is 5.14. The molecule has 0 bridgehead atoms. The molecule has 1 aliphatic rings. The van der Waals surface area contributed by atoms with Crippen LogP contribution < -0.4 is 0 Å². The zero-order chi connectivity index (χ0) is 11.0. The minimum atomic E-state index is -0.528. The SMILES string of the molecule is CC1CCOC1C(O)c1cc(Br)sc1Br. The normalized spacial score (nSPS) is 28.3. The first-order valence-corrected chi connectivity index (χ1v) is 7.24. The molecule has 3 unspecified atom stereocenters. The highest BCUT2D eigenvalue weighted by Crippen LogP contribution is 2.40. The second-order valence-electron chi connectivity index (χ2n) is 3.83. The monoisotopic (exact) mass is 354 g/mol. The molecule has 2 rings (SSSR count). The van der Waals surface area contributed by atoms with Crippen LogP contribution in [0.2, 0.25) is 0 Å². The maximum absolute atomic E-state index is 10.2. The van der Waals surface area contributed by atoms with Crippen LogP contribution in [0.5, 0.6) is 0 Å². The van der Waals surface area contributed by atoms with E-state index in [4.69, 9.17) is 4.74 Å². The summed E-state index contributed by atoms with van der Waals surface area (Å²) >= 11 is 8.44. The summed E-state index contributed by atoms with van der Waals surface area (Å²) in [5.41, 5.74) is 0.922. The van der Waals surface area contributed by atoms with E-state index < -0.39 is 6.10 Å². The summed E-state index contributed by atoms with van der Waals surface area (Å²) in [5.74, 6) is 0.422. The summed E-state index contributed by atoms with van der Waals surface area (Å²) in [4.78, 5) is 0. The van der Waals surface area contributed by atoms with E-state index in [1.807, 2.05) is 6.07 Å². The molecule has 1 saturated heterocycles. The van der Waals surface area contributed by atoms with Crippen molar-refractivity contribution in [1.29, 1.82) is 0 Å². The molecular formula is C10H12Br2O2S. The molecule has 0 amide bonds. The lowest BCUT2D eigenvalue weighted by Crippen LogP contribution is -2.22. The topological polar surface area (TPSA) is 29.5 Å². The third-order valence-electron chi connectivity index (χ3n) is 2.76. The molecule has 1 fully saturated rings. The van der Waals surface area contributed by atoms with Gasteiger partial charge in [-0.15, -0.1) is 11.3 Å². The molecular weight excluding hydrogens is 344 g/mol. The zero-order valence-electron chi connectivity index (χ0n) is 8.24. The Balaban J connectivity index is 2.19. The first kappa shape index (κ1) is 12.0. The standard InChI is InChI=1S/C10H12Br2O2S/c1-5-2-3-14-9(5)8(13)6-4-7(11)15-10(6)12/h4-5,8-9,13H,2-3H2,1H3. The van der Waals surface area contributed by atoms with Crippen molar-refractivity contribution in [3.8, 4) is 0 Å². The van der Waals surface area contributed by atoms with Crippen molar-refractivity contribution in [3.05, 3.63) is 19.2 Å². The van der Waals surface area contributed by atoms with Crippen LogP contribution in [0.3, 0.4) is 0 Å². The maximum atomic E-state index is 10.2. The fourth-order valence-electron chi connectivity index (χ4n) is 1.85. The van der Waals surface area contributed by atoms with Gasteiger partial charge in [-0.3, -0.25) is 0 Å². The molecule has 0 aliphatic carbocycles. The fourth-order valence-corrected chi connectivity index (χ4v) is 4.76. The van der Waals surface area contributed by atoms with Crippen LogP contribution in [0.25, 0.3) is 0 Å². The Hall–Kier alpha value is 0.580. The number of hydrogen-bond acceptors (Lipinski definition) is 3. The summed E-state index contributed by atoms with van der Waals surface area (Å²) in [6.07, 6.45) is 0.437. The quantitative estimate of drug-likeness (QED) is 0.875. The van der Waals surface area contributed by atoms with E-state index in [0.29, 0.717) is 5.92 Å². The van der Waals surface area contributed by atoms with Gasteiger partial charge in [0.05, 0.1) is 13.7 Å². The van der Waals surface area contributed by atoms with Gasteiger partial charge in [-0.2, -0.15) is 0 Å². The molecule has 1 aliphatic heterocycles. The first-order valence-electron chi connectivity index (χ1n) is 4.84. The van der Waals surface area contributed by atoms with Crippen LogP contribution >= 0.6 is 43.2 Å². The van der Waals surface area contributed by atoms with Crippen molar-refractivity contribution in [2.75, 3.05) is 6.61 Å². The van der Waals surface area contributed by atoms with Crippen LogP contribution in [0.1, 0.15) is 25.0 Å². The predicted molar refractivity (Wildman–Crippen MR) is 68.2 cm³/mol. The average molecular weight is 356 g/mol. The van der Waals surface area contributed by atoms with E-state index in [-0.39, 0.29) is 6.10 Å². The van der Waals surface area contributed by atoms with E-state index in [1.165, 1.54) is 0 Å². The lowest BCUT2D eigenvalue weighted by molar-refractivity contribution is -0.0179. The van der Waals surface area contributed by atoms with Gasteiger partial charge in [-0.1, -0.05) is 6.92 Å². The number of hydrogen-bond donors (Lipinski definition) is 1. The van der Waals surface area contributed by atoms with Crippen molar-refractivity contribution >= 4 is 43.2 Å². The highest BCUT2D eigenvalue weighted by Gasteiger charge is 2.33. The Bertz CT molecular complexity index is 353. The van der Waals surface area contributed by atoms with Gasteiger partial charge in [0.15, 0.2) is 0 Å². The molecule has 0 radical (unpaired) electrons. The van der Waals surface area contributed by atoms with Crippen molar-refractivity contribution in [3.63, 3.8) is 0 Å². The maximum Gasteiger partial charge on any atom is 0.107 e. The van der Waals surface area contributed by atoms with Gasteiger partial charge < -0.3 is 9.84 Å². The van der Waals surface area contributed by atoms with Gasteiger partial charge in [0.1, 0.15) is 6.10 Å². The summed E-state index contributed by atoms with van der Waals surface area (Å²) < 4.78 is 7.56. The van der Waals surface area contributed by atoms with Crippen LogP contribution in [0, 0.1) is 5.92 Å². The van der Waals surface area contributed by atoms with E-state index in [2.05, 4.69) is 38.8 Å². The Morgan fingerprint density at radius 1 is 1.60 bits per heavy atom. The Morgan fingerprint density at radius 2 is 2.33 bits per heavy atom. The van der Waals surface area contributed by atoms with Crippen LogP contribution in [0.4, 0.5) is 0 Å². The first-order chi connectivity index (χ1) is 7.09. The third kappa shape index (κ3) is 2.47. The van der Waals surface area contributed by atoms with E-state index in [1.54, 1.807) is 11.3 Å². The molecule has 0 spiro atoms. The Kier molecular flexibility index (Phi) is 3.88. The Labute approximate surface area is 110 Å².